The lowest BCUT2D eigenvalue weighted by Gasteiger charge is -2.16. The maximum absolute atomic E-state index is 12.5. The van der Waals surface area contributed by atoms with Crippen LogP contribution in [0, 0.1) is 0 Å². The predicted octanol–water partition coefficient (Wildman–Crippen LogP) is 2.72. The molecule has 23 heteroatoms. The Balaban J connectivity index is 1.93. The summed E-state index contributed by atoms with van der Waals surface area (Å²) < 4.78 is 24.1. The number of nitrogens with one attached hydrogen (secondary N) is 5. The fourth-order valence-corrected chi connectivity index (χ4v) is 8.12. The third-order valence-corrected chi connectivity index (χ3v) is 12.3. The summed E-state index contributed by atoms with van der Waals surface area (Å²) in [6.45, 7) is 1.04. The molecule has 1 aliphatic rings. The third kappa shape index (κ3) is 35.8. The van der Waals surface area contributed by atoms with E-state index in [1.807, 2.05) is 0 Å². The van der Waals surface area contributed by atoms with Crippen LogP contribution in [0.2, 0.25) is 0 Å². The number of unbranched alkanes of at least 4 members (excludes halogenated alkanes) is 15. The summed E-state index contributed by atoms with van der Waals surface area (Å²) in [6, 6.07) is -1.69. The highest BCUT2D eigenvalue weighted by atomic mass is 32.2. The van der Waals surface area contributed by atoms with E-state index in [0.29, 0.717) is 12.7 Å². The van der Waals surface area contributed by atoms with E-state index in [1.165, 1.54) is 57.8 Å². The summed E-state index contributed by atoms with van der Waals surface area (Å²) in [6.07, 6.45) is 18.8. The van der Waals surface area contributed by atoms with Crippen LogP contribution in [0.5, 0.6) is 0 Å². The van der Waals surface area contributed by atoms with Crippen molar-refractivity contribution in [1.82, 2.24) is 30.9 Å². The van der Waals surface area contributed by atoms with Crippen LogP contribution in [-0.2, 0) is 62.1 Å². The second-order valence-corrected chi connectivity index (χ2v) is 18.1. The Morgan fingerprint density at radius 2 is 1.09 bits per heavy atom. The third-order valence-electron chi connectivity index (χ3n) is 10.8. The SMILES string of the molecule is O=C[C@H](CS)NSC1CC(=O)N(CCNC(=O)COCCOCCNC(=O)COCCOCCNC(=O)CCC(NC(=O)CCCCCCCCCCCCCCCCCCC(=O)O)C(=O)O)C1=O. The number of thiol groups is 1. The Hall–Kier alpha value is -3.87. The molecule has 396 valence electrons. The number of aliphatic carboxylic acids is 2. The standard InChI is InChI=1S/C46H80N6O15S2/c53-32-36(35-68)51-69-38-31-43(58)52(45(38)61)24-21-47-41(56)33-66-29-28-65-26-23-49-42(57)34-67-30-27-64-25-22-48-39(54)20-19-37(46(62)63)50-40(55)17-15-13-11-9-7-5-3-1-2-4-6-8-10-12-14-16-18-44(59)60/h32,36-38,51,68H,1-31,33-35H2,(H,47,56)(H,48,54)(H,49,57)(H,50,55)(H,59,60)(H,62,63)/t36-,37?,38?/m1/s1. The first-order valence-electron chi connectivity index (χ1n) is 24.5. The molecule has 1 aliphatic heterocycles. The molecule has 21 nitrogen and oxygen atoms in total. The van der Waals surface area contributed by atoms with Gasteiger partial charge in [-0.1, -0.05) is 102 Å². The van der Waals surface area contributed by atoms with Gasteiger partial charge in [0.15, 0.2) is 0 Å². The van der Waals surface area contributed by atoms with E-state index in [2.05, 4.69) is 38.6 Å². The Labute approximate surface area is 417 Å². The molecular weight excluding hydrogens is 941 g/mol. The van der Waals surface area contributed by atoms with Crippen molar-refractivity contribution < 1.29 is 72.3 Å². The summed E-state index contributed by atoms with van der Waals surface area (Å²) in [7, 11) is 0. The average Bonchev–Trinajstić information content (AvgIpc) is 3.59. The zero-order chi connectivity index (χ0) is 50.7. The normalized spacial score (nSPS) is 14.3. The summed E-state index contributed by atoms with van der Waals surface area (Å²) in [4.78, 5) is 108. The summed E-state index contributed by atoms with van der Waals surface area (Å²) >= 11 is 5.05. The van der Waals surface area contributed by atoms with Crippen molar-refractivity contribution in [1.29, 1.82) is 0 Å². The van der Waals surface area contributed by atoms with Crippen molar-refractivity contribution in [2.24, 2.45) is 0 Å². The van der Waals surface area contributed by atoms with Crippen molar-refractivity contribution in [3.8, 4) is 0 Å². The lowest BCUT2D eigenvalue weighted by Crippen LogP contribution is -2.41. The number of aldehydes is 1. The number of hydrogen-bond donors (Lipinski definition) is 8. The molecule has 1 fully saturated rings. The van der Waals surface area contributed by atoms with Crippen LogP contribution in [0.1, 0.15) is 135 Å². The molecule has 69 heavy (non-hydrogen) atoms. The number of likely N-dealkylation sites (tertiary alicyclic amines) is 1. The number of carboxylic acid groups (broad SMARTS) is 2. The van der Waals surface area contributed by atoms with Gasteiger partial charge in [-0.25, -0.2) is 4.79 Å². The molecule has 0 saturated carbocycles. The van der Waals surface area contributed by atoms with Crippen LogP contribution < -0.4 is 26.0 Å². The number of amides is 6. The zero-order valence-electron chi connectivity index (χ0n) is 40.4. The second-order valence-electron chi connectivity index (χ2n) is 16.7. The lowest BCUT2D eigenvalue weighted by molar-refractivity contribution is -0.142. The second kappa shape index (κ2) is 43.0. The molecule has 3 atom stereocenters. The molecule has 0 aliphatic carbocycles. The Morgan fingerprint density at radius 1 is 0.623 bits per heavy atom. The van der Waals surface area contributed by atoms with Gasteiger partial charge in [0.1, 0.15) is 30.8 Å². The Morgan fingerprint density at radius 3 is 1.57 bits per heavy atom. The number of rotatable bonds is 48. The first kappa shape index (κ1) is 63.1. The molecule has 0 aromatic rings. The molecule has 0 aromatic heterocycles. The first-order chi connectivity index (χ1) is 33.4. The minimum Gasteiger partial charge on any atom is -0.481 e. The molecule has 2 unspecified atom stereocenters. The molecule has 1 heterocycles. The fourth-order valence-electron chi connectivity index (χ4n) is 6.89. The van der Waals surface area contributed by atoms with Crippen LogP contribution in [0.3, 0.4) is 0 Å². The number of ether oxygens (including phenoxy) is 4. The zero-order valence-corrected chi connectivity index (χ0v) is 42.1. The van der Waals surface area contributed by atoms with Crippen LogP contribution >= 0.6 is 24.6 Å². The Kier molecular flexibility index (Phi) is 39.3. The highest BCUT2D eigenvalue weighted by Gasteiger charge is 2.39. The van der Waals surface area contributed by atoms with E-state index in [0.717, 1.165) is 55.4 Å². The summed E-state index contributed by atoms with van der Waals surface area (Å²) in [5, 5.41) is 27.9. The van der Waals surface area contributed by atoms with Gasteiger partial charge >= 0.3 is 11.9 Å². The molecule has 0 spiro atoms. The highest BCUT2D eigenvalue weighted by Crippen LogP contribution is 2.23. The summed E-state index contributed by atoms with van der Waals surface area (Å²) in [5.41, 5.74) is 0. The van der Waals surface area contributed by atoms with Gasteiger partial charge in [0.05, 0.1) is 45.7 Å². The van der Waals surface area contributed by atoms with E-state index >= 15 is 0 Å². The minimum atomic E-state index is -1.19. The first-order valence-corrected chi connectivity index (χ1v) is 26.1. The van der Waals surface area contributed by atoms with E-state index in [9.17, 15) is 48.3 Å². The molecular formula is C46H80N6O15S2. The van der Waals surface area contributed by atoms with Crippen molar-refractivity contribution in [2.45, 2.75) is 152 Å². The van der Waals surface area contributed by atoms with Gasteiger partial charge < -0.3 is 55.2 Å². The monoisotopic (exact) mass is 1020 g/mol. The minimum absolute atomic E-state index is 0.00602. The molecule has 0 bridgehead atoms. The maximum atomic E-state index is 12.5. The highest BCUT2D eigenvalue weighted by molar-refractivity contribution is 7.98. The predicted molar refractivity (Wildman–Crippen MR) is 261 cm³/mol. The fraction of sp³-hybridized carbons (Fsp3) is 0.804. The van der Waals surface area contributed by atoms with E-state index < -0.39 is 41.1 Å². The van der Waals surface area contributed by atoms with E-state index in [-0.39, 0.29) is 141 Å². The van der Waals surface area contributed by atoms with Gasteiger partial charge in [-0.15, -0.1) is 0 Å². The van der Waals surface area contributed by atoms with Crippen molar-refractivity contribution in [3.05, 3.63) is 0 Å². The average molecular weight is 1020 g/mol. The molecule has 0 radical (unpaired) electrons. The van der Waals surface area contributed by atoms with Gasteiger partial charge in [-0.05, 0) is 19.3 Å². The van der Waals surface area contributed by atoms with Crippen LogP contribution in [-0.4, -0.2) is 171 Å². The van der Waals surface area contributed by atoms with Crippen LogP contribution in [0.25, 0.3) is 0 Å². The number of nitrogens with zero attached hydrogens (tertiary/aromatic N) is 1. The molecule has 0 aromatic carbocycles. The van der Waals surface area contributed by atoms with E-state index in [4.69, 9.17) is 24.1 Å². The quantitative estimate of drug-likeness (QED) is 0.0143. The number of hydrogen-bond acceptors (Lipinski definition) is 16. The topological polar surface area (TPSA) is 294 Å². The summed E-state index contributed by atoms with van der Waals surface area (Å²) in [5.74, 6) is -3.89. The van der Waals surface area contributed by atoms with Crippen molar-refractivity contribution >= 4 is 78.2 Å². The van der Waals surface area contributed by atoms with Gasteiger partial charge in [-0.3, -0.25) is 43.2 Å². The van der Waals surface area contributed by atoms with Gasteiger partial charge in [0.2, 0.25) is 35.4 Å². The molecule has 7 N–H and O–H groups in total. The van der Waals surface area contributed by atoms with Crippen molar-refractivity contribution in [3.63, 3.8) is 0 Å². The van der Waals surface area contributed by atoms with Gasteiger partial charge in [0.25, 0.3) is 0 Å². The Bertz CT molecular complexity index is 1500. The van der Waals surface area contributed by atoms with Crippen LogP contribution in [0.15, 0.2) is 0 Å². The number of carbonyl (C=O) groups is 9. The maximum Gasteiger partial charge on any atom is 0.326 e. The van der Waals surface area contributed by atoms with E-state index in [1.54, 1.807) is 0 Å². The largest absolute Gasteiger partial charge is 0.481 e. The lowest BCUT2D eigenvalue weighted by atomic mass is 10.0. The number of carbonyl (C=O) groups excluding carboxylic acids is 7. The molecule has 1 saturated heterocycles. The number of imide groups is 1. The van der Waals surface area contributed by atoms with Crippen molar-refractivity contribution in [2.75, 3.05) is 84.8 Å². The number of carboxylic acids is 2. The van der Waals surface area contributed by atoms with Gasteiger partial charge in [0, 0.05) is 57.6 Å². The molecule has 1 rings (SSSR count). The van der Waals surface area contributed by atoms with Crippen LogP contribution in [0.4, 0.5) is 0 Å². The van der Waals surface area contributed by atoms with Gasteiger partial charge in [-0.2, -0.15) is 12.6 Å². The molecule has 6 amide bonds. The smallest absolute Gasteiger partial charge is 0.326 e.